The van der Waals surface area contributed by atoms with E-state index in [9.17, 15) is 24.0 Å². The summed E-state index contributed by atoms with van der Waals surface area (Å²) in [6.07, 6.45) is 1.59. The topological polar surface area (TPSA) is 139 Å². The summed E-state index contributed by atoms with van der Waals surface area (Å²) in [5.41, 5.74) is 4.85. The van der Waals surface area contributed by atoms with E-state index in [4.69, 9.17) is 5.73 Å². The van der Waals surface area contributed by atoms with Crippen LogP contribution in [0.3, 0.4) is 0 Å². The van der Waals surface area contributed by atoms with Crippen molar-refractivity contribution >= 4 is 29.1 Å². The van der Waals surface area contributed by atoms with Gasteiger partial charge in [-0.3, -0.25) is 23.7 Å². The molecule has 0 saturated carbocycles. The van der Waals surface area contributed by atoms with Gasteiger partial charge < -0.3 is 15.8 Å². The molecular formula is C19H29N4O5Y-. The number of carbonyl (C=O) groups is 4. The molecule has 0 bridgehead atoms. The summed E-state index contributed by atoms with van der Waals surface area (Å²) in [4.78, 5) is 59.8. The predicted octanol–water partition coefficient (Wildman–Crippen LogP) is 2.40. The number of rotatable bonds is 6. The summed E-state index contributed by atoms with van der Waals surface area (Å²) < 4.78 is 1.10. The predicted molar refractivity (Wildman–Crippen MR) is 106 cm³/mol. The maximum Gasteiger partial charge on any atom is 0.278 e. The van der Waals surface area contributed by atoms with E-state index in [1.165, 1.54) is 40.8 Å². The molecule has 2 N–H and O–H groups in total. The number of aryl methyl sites for hydroxylation is 1. The molecule has 10 heteroatoms. The fourth-order valence-electron chi connectivity index (χ4n) is 2.32. The van der Waals surface area contributed by atoms with Crippen molar-refractivity contribution in [3.63, 3.8) is 0 Å². The quantitative estimate of drug-likeness (QED) is 0.661. The van der Waals surface area contributed by atoms with Gasteiger partial charge in [-0.25, -0.2) is 4.98 Å². The summed E-state index contributed by atoms with van der Waals surface area (Å²) in [5.74, 6) is -0.864. The maximum absolute atomic E-state index is 12.1. The number of anilines is 1. The number of carbonyl (C=O) groups excluding carboxylic acids is 4. The second-order valence-electron chi connectivity index (χ2n) is 7.75. The molecule has 9 nitrogen and oxygen atoms in total. The number of nitrogens with one attached hydrogen (secondary N) is 2. The Kier molecular flexibility index (Phi) is 11.6. The van der Waals surface area contributed by atoms with Crippen LogP contribution in [-0.4, -0.2) is 32.9 Å². The van der Waals surface area contributed by atoms with E-state index >= 15 is 0 Å². The van der Waals surface area contributed by atoms with Gasteiger partial charge in [-0.1, -0.05) is 13.8 Å². The van der Waals surface area contributed by atoms with Crippen LogP contribution in [0.4, 0.5) is 5.69 Å². The third-order valence-corrected chi connectivity index (χ3v) is 4.21. The molecule has 0 aliphatic carbocycles. The average Bonchev–Trinajstić information content (AvgIpc) is 2.48. The zero-order valence-electron chi connectivity index (χ0n) is 18.3. The Bertz CT molecular complexity index is 843. The van der Waals surface area contributed by atoms with Crippen LogP contribution >= 0.6 is 0 Å². The van der Waals surface area contributed by atoms with Crippen molar-refractivity contribution in [1.29, 1.82) is 0 Å². The minimum absolute atomic E-state index is 0. The smallest absolute Gasteiger partial charge is 0.278 e. The van der Waals surface area contributed by atoms with Crippen LogP contribution in [0, 0.1) is 12.3 Å². The zero-order chi connectivity index (χ0) is 22.4. The van der Waals surface area contributed by atoms with Gasteiger partial charge in [0.2, 0.25) is 5.91 Å². The van der Waals surface area contributed by atoms with Gasteiger partial charge in [0.25, 0.3) is 5.56 Å². The Hall–Kier alpha value is -1.74. The number of ketones is 2. The van der Waals surface area contributed by atoms with Gasteiger partial charge in [0.15, 0.2) is 0 Å². The Morgan fingerprint density at radius 2 is 1.59 bits per heavy atom. The standard InChI is InChI=1S/C11H16N4O3.C8H14O2.Y/c1-6-13-5-8(14-7(2)16)9(17)15(6)11(3,4)10(12)18;1-6(9)5-8(3,4)7(2)10;/h5H,1-4H3,(H3,12,14,16,18);5H2,1-4H3;/p-1. The molecule has 0 saturated heterocycles. The molecule has 0 atom stereocenters. The van der Waals surface area contributed by atoms with E-state index in [0.29, 0.717) is 12.2 Å². The first-order chi connectivity index (χ1) is 12.5. The Morgan fingerprint density at radius 3 is 1.90 bits per heavy atom. The first-order valence-corrected chi connectivity index (χ1v) is 8.67. The van der Waals surface area contributed by atoms with Crippen molar-refractivity contribution in [2.24, 2.45) is 5.41 Å². The van der Waals surface area contributed by atoms with E-state index < -0.39 is 28.3 Å². The molecule has 0 aliphatic heterocycles. The van der Waals surface area contributed by atoms with Crippen LogP contribution < -0.4 is 10.9 Å². The summed E-state index contributed by atoms with van der Waals surface area (Å²) in [6.45, 7) is 12.3. The number of amides is 2. The van der Waals surface area contributed by atoms with E-state index in [1.54, 1.807) is 20.8 Å². The van der Waals surface area contributed by atoms with Crippen molar-refractivity contribution in [2.75, 3.05) is 5.32 Å². The van der Waals surface area contributed by atoms with Crippen LogP contribution in [0.15, 0.2) is 11.0 Å². The van der Waals surface area contributed by atoms with Crippen molar-refractivity contribution in [1.82, 2.24) is 9.55 Å². The van der Waals surface area contributed by atoms with Gasteiger partial charge in [0.05, 0.1) is 17.6 Å². The van der Waals surface area contributed by atoms with Crippen molar-refractivity contribution in [2.45, 2.75) is 67.3 Å². The molecular weight excluding hydrogens is 453 g/mol. The van der Waals surface area contributed by atoms with Crippen LogP contribution in [0.25, 0.3) is 5.73 Å². The largest absolute Gasteiger partial charge is 0.666 e. The summed E-state index contributed by atoms with van der Waals surface area (Å²) in [5, 5.41) is 2.34. The molecule has 1 aromatic rings. The van der Waals surface area contributed by atoms with Gasteiger partial charge in [0.1, 0.15) is 23.1 Å². The Labute approximate surface area is 196 Å². The average molecular weight is 482 g/mol. The van der Waals surface area contributed by atoms with Crippen LogP contribution in [0.2, 0.25) is 0 Å². The van der Waals surface area contributed by atoms with Gasteiger partial charge in [0, 0.05) is 51.5 Å². The minimum Gasteiger partial charge on any atom is -0.666 e. The Morgan fingerprint density at radius 1 is 1.10 bits per heavy atom. The van der Waals surface area contributed by atoms with E-state index in [0.717, 1.165) is 4.57 Å². The van der Waals surface area contributed by atoms with Gasteiger partial charge in [-0.05, 0) is 34.6 Å². The molecule has 1 radical (unpaired) electrons. The fraction of sp³-hybridized carbons (Fsp3) is 0.579. The molecule has 0 aliphatic rings. The molecule has 2 amide bonds. The summed E-state index contributed by atoms with van der Waals surface area (Å²) in [6, 6.07) is 0. The second-order valence-corrected chi connectivity index (χ2v) is 7.75. The third-order valence-electron chi connectivity index (χ3n) is 4.21. The number of nitrogens with zero attached hydrogens (tertiary/aromatic N) is 2. The molecule has 29 heavy (non-hydrogen) atoms. The van der Waals surface area contributed by atoms with Crippen LogP contribution in [0.1, 0.15) is 60.7 Å². The normalized spacial score (nSPS) is 10.8. The fourth-order valence-corrected chi connectivity index (χ4v) is 2.32. The molecule has 159 valence electrons. The van der Waals surface area contributed by atoms with Gasteiger partial charge in [-0.15, -0.1) is 0 Å². The molecule has 1 heterocycles. The van der Waals surface area contributed by atoms with E-state index in [2.05, 4.69) is 10.3 Å². The SMILES string of the molecule is CC(=O)CC(C)(C)C(C)=O.CC(=O)Nc1cnc(C)n(C(C)(C)C([NH-])=O)c1=O.[Y]. The molecule has 1 aromatic heterocycles. The monoisotopic (exact) mass is 482 g/mol. The summed E-state index contributed by atoms with van der Waals surface area (Å²) in [7, 11) is 0. The molecule has 0 fully saturated rings. The number of hydrogen-bond acceptors (Lipinski definition) is 6. The van der Waals surface area contributed by atoms with Crippen molar-refractivity contribution < 1.29 is 51.9 Å². The second kappa shape index (κ2) is 11.4. The van der Waals surface area contributed by atoms with Crippen molar-refractivity contribution in [3.8, 4) is 0 Å². The molecule has 0 aromatic carbocycles. The molecule has 1 rings (SSSR count). The number of aromatic nitrogens is 2. The van der Waals surface area contributed by atoms with E-state index in [-0.39, 0.29) is 50.0 Å². The maximum atomic E-state index is 12.1. The number of hydrogen-bond donors (Lipinski definition) is 1. The first kappa shape index (κ1) is 29.5. The van der Waals surface area contributed by atoms with Crippen LogP contribution in [0.5, 0.6) is 0 Å². The van der Waals surface area contributed by atoms with Gasteiger partial charge >= 0.3 is 0 Å². The van der Waals surface area contributed by atoms with E-state index in [1.807, 2.05) is 0 Å². The van der Waals surface area contributed by atoms with Gasteiger partial charge in [-0.2, -0.15) is 0 Å². The number of Topliss-reactive ketones (excluding diaryl/α,β-unsaturated/α-hetero) is 2. The van der Waals surface area contributed by atoms with Crippen LogP contribution in [-0.2, 0) is 57.4 Å². The molecule has 0 spiro atoms. The Balaban J connectivity index is 0. The van der Waals surface area contributed by atoms with Crippen molar-refractivity contribution in [3.05, 3.63) is 28.1 Å². The summed E-state index contributed by atoms with van der Waals surface area (Å²) >= 11 is 0. The third kappa shape index (κ3) is 8.66. The minimum atomic E-state index is -1.33. The first-order valence-electron chi connectivity index (χ1n) is 8.67. The zero-order valence-corrected chi connectivity index (χ0v) is 21.1. The molecule has 0 unspecified atom stereocenters.